The van der Waals surface area contributed by atoms with Crippen molar-refractivity contribution in [2.45, 2.75) is 0 Å². The Labute approximate surface area is 91.3 Å². The molecule has 0 aliphatic carbocycles. The summed E-state index contributed by atoms with van der Waals surface area (Å²) in [6, 6.07) is 11.9. The Hall–Kier alpha value is -2.10. The second-order valence-electron chi connectivity index (χ2n) is 4.07. The van der Waals surface area contributed by atoms with Gasteiger partial charge in [0.15, 0.2) is 0 Å². The van der Waals surface area contributed by atoms with E-state index in [9.17, 15) is 4.79 Å². The van der Waals surface area contributed by atoms with Crippen molar-refractivity contribution in [2.24, 2.45) is 4.90 Å². The fraction of sp³-hybridized carbons (Fsp3) is 0. The van der Waals surface area contributed by atoms with E-state index in [4.69, 9.17) is 0 Å². The number of rotatable bonds is 0. The molecule has 0 N–H and O–H groups in total. The molecule has 0 amide bonds. The van der Waals surface area contributed by atoms with Gasteiger partial charge in [-0.05, 0) is 11.5 Å². The number of hydrogen-bond acceptors (Lipinski definition) is 2. The summed E-state index contributed by atoms with van der Waals surface area (Å²) >= 11 is 0. The minimum atomic E-state index is 0.0781. The lowest BCUT2D eigenvalue weighted by atomic mass is 9.98. The second-order valence-corrected chi connectivity index (χ2v) is 4.07. The molecule has 16 heavy (non-hydrogen) atoms. The van der Waals surface area contributed by atoms with Gasteiger partial charge < -0.3 is 9.38 Å². The van der Waals surface area contributed by atoms with E-state index >= 15 is 0 Å². The quantitative estimate of drug-likeness (QED) is 0.496. The highest BCUT2D eigenvalue weighted by Crippen LogP contribution is 2.22. The topological polar surface area (TPSA) is 34.4 Å². The van der Waals surface area contributed by atoms with Crippen LogP contribution in [0.2, 0.25) is 0 Å². The van der Waals surface area contributed by atoms with Gasteiger partial charge in [-0.3, -0.25) is 4.79 Å². The Kier molecular flexibility index (Phi) is 1.28. The largest absolute Gasteiger partial charge is 0.386 e. The molecule has 4 rings (SSSR count). The van der Waals surface area contributed by atoms with E-state index in [0.29, 0.717) is 7.55 Å². The molecular formula is C12H7BN2O. The first-order valence-corrected chi connectivity index (χ1v) is 5.25. The molecule has 4 heteroatoms. The number of pyridine rings is 1. The first-order valence-electron chi connectivity index (χ1n) is 5.25. The van der Waals surface area contributed by atoms with Gasteiger partial charge in [-0.15, -0.1) is 0 Å². The van der Waals surface area contributed by atoms with Gasteiger partial charge in [-0.25, -0.2) is 0 Å². The maximum Gasteiger partial charge on any atom is 0.386 e. The summed E-state index contributed by atoms with van der Waals surface area (Å²) in [5, 5.41) is 4.04. The Balaban J connectivity index is 2.54. The van der Waals surface area contributed by atoms with Crippen molar-refractivity contribution in [2.75, 3.05) is 0 Å². The minimum absolute atomic E-state index is 0.0781. The number of nitrogens with zero attached hydrogens (tertiary/aromatic N) is 2. The molecule has 0 radical (unpaired) electrons. The van der Waals surface area contributed by atoms with Crippen LogP contribution in [0.25, 0.3) is 21.5 Å². The zero-order valence-electron chi connectivity index (χ0n) is 8.47. The Morgan fingerprint density at radius 2 is 1.81 bits per heavy atom. The third-order valence-electron chi connectivity index (χ3n) is 3.24. The van der Waals surface area contributed by atoms with Crippen molar-refractivity contribution in [1.82, 2.24) is 4.48 Å². The van der Waals surface area contributed by atoms with Crippen LogP contribution in [0.4, 0.5) is 0 Å². The molecule has 2 heterocycles. The third kappa shape index (κ3) is 0.769. The van der Waals surface area contributed by atoms with Gasteiger partial charge in [0.1, 0.15) is 5.49 Å². The van der Waals surface area contributed by atoms with Crippen LogP contribution in [0, 0.1) is 0 Å². The Morgan fingerprint density at radius 1 is 1.06 bits per heavy atom. The molecule has 0 saturated carbocycles. The molecule has 0 fully saturated rings. The highest BCUT2D eigenvalue weighted by atomic mass is 16.1. The zero-order valence-corrected chi connectivity index (χ0v) is 8.47. The average Bonchev–Trinajstić information content (AvgIpc) is 2.25. The lowest BCUT2D eigenvalue weighted by molar-refractivity contribution is 0.977. The lowest BCUT2D eigenvalue weighted by Crippen LogP contribution is -2.44. The maximum absolute atomic E-state index is 12.1. The van der Waals surface area contributed by atoms with Gasteiger partial charge in [0.25, 0.3) is 0 Å². The van der Waals surface area contributed by atoms with E-state index in [2.05, 4.69) is 4.90 Å². The number of hydrogen-bond donors (Lipinski definition) is 0. The summed E-state index contributed by atoms with van der Waals surface area (Å²) in [4.78, 5) is 16.4. The molecule has 74 valence electrons. The maximum atomic E-state index is 12.1. The Bertz CT molecular complexity index is 845. The van der Waals surface area contributed by atoms with Crippen LogP contribution in [0.1, 0.15) is 0 Å². The molecule has 1 aromatic heterocycles. The average molecular weight is 206 g/mol. The van der Waals surface area contributed by atoms with E-state index in [-0.39, 0.29) is 5.56 Å². The van der Waals surface area contributed by atoms with Gasteiger partial charge in [0.05, 0.1) is 0 Å². The molecule has 1 aliphatic rings. The van der Waals surface area contributed by atoms with Gasteiger partial charge in [0.2, 0.25) is 5.56 Å². The van der Waals surface area contributed by atoms with Crippen molar-refractivity contribution >= 4 is 29.1 Å². The SMILES string of the molecule is O=c1c2cccc3cccc(c4n1BN=4)c32. The van der Waals surface area contributed by atoms with E-state index in [1.54, 1.807) is 4.48 Å². The van der Waals surface area contributed by atoms with E-state index < -0.39 is 0 Å². The van der Waals surface area contributed by atoms with Gasteiger partial charge in [0, 0.05) is 16.2 Å². The number of fused-ring (bicyclic) bond motifs is 2. The van der Waals surface area contributed by atoms with Gasteiger partial charge >= 0.3 is 7.55 Å². The molecule has 0 bridgehead atoms. The fourth-order valence-electron chi connectivity index (χ4n) is 2.45. The second kappa shape index (κ2) is 2.53. The smallest absolute Gasteiger partial charge is 0.319 e. The van der Waals surface area contributed by atoms with Crippen molar-refractivity contribution < 1.29 is 0 Å². The summed E-state index contributed by atoms with van der Waals surface area (Å²) < 4.78 is 1.73. The van der Waals surface area contributed by atoms with Crippen LogP contribution in [0.3, 0.4) is 0 Å². The van der Waals surface area contributed by atoms with Crippen molar-refractivity contribution in [1.29, 1.82) is 0 Å². The molecule has 3 aromatic rings. The third-order valence-corrected chi connectivity index (χ3v) is 3.24. The monoisotopic (exact) mass is 206 g/mol. The van der Waals surface area contributed by atoms with Crippen molar-refractivity contribution in [3.63, 3.8) is 0 Å². The minimum Gasteiger partial charge on any atom is -0.319 e. The predicted molar refractivity (Wildman–Crippen MR) is 65.0 cm³/mol. The van der Waals surface area contributed by atoms with Crippen LogP contribution >= 0.6 is 0 Å². The summed E-state index contributed by atoms with van der Waals surface area (Å²) in [6.07, 6.45) is 0. The summed E-state index contributed by atoms with van der Waals surface area (Å²) in [6.45, 7) is 0. The molecule has 2 aromatic carbocycles. The van der Waals surface area contributed by atoms with Crippen molar-refractivity contribution in [3.05, 3.63) is 52.2 Å². The van der Waals surface area contributed by atoms with Gasteiger partial charge in [-0.2, -0.15) is 0 Å². The molecule has 0 saturated heterocycles. The molecule has 0 atom stereocenters. The van der Waals surface area contributed by atoms with Crippen LogP contribution in [0.15, 0.2) is 46.1 Å². The van der Waals surface area contributed by atoms with E-state index in [0.717, 1.165) is 27.0 Å². The normalized spacial score (nSPS) is 13.0. The summed E-state index contributed by atoms with van der Waals surface area (Å²) in [5.74, 6) is 0. The lowest BCUT2D eigenvalue weighted by Gasteiger charge is -2.15. The van der Waals surface area contributed by atoms with Gasteiger partial charge in [-0.1, -0.05) is 30.3 Å². The Morgan fingerprint density at radius 3 is 2.50 bits per heavy atom. The van der Waals surface area contributed by atoms with Crippen LogP contribution in [0.5, 0.6) is 0 Å². The molecule has 0 unspecified atom stereocenters. The van der Waals surface area contributed by atoms with Crippen molar-refractivity contribution in [3.8, 4) is 0 Å². The predicted octanol–water partition coefficient (Wildman–Crippen LogP) is 0.621. The van der Waals surface area contributed by atoms with Crippen LogP contribution < -0.4 is 11.0 Å². The molecule has 1 aliphatic heterocycles. The molecule has 0 spiro atoms. The first kappa shape index (κ1) is 8.10. The summed E-state index contributed by atoms with van der Waals surface area (Å²) in [5.41, 5.74) is 0.906. The summed E-state index contributed by atoms with van der Waals surface area (Å²) in [7, 11) is 0.499. The van der Waals surface area contributed by atoms with E-state index in [1.807, 2.05) is 36.4 Å². The number of benzene rings is 2. The molecule has 3 nitrogen and oxygen atoms in total. The first-order chi connectivity index (χ1) is 7.86. The van der Waals surface area contributed by atoms with Crippen LogP contribution in [-0.2, 0) is 0 Å². The highest BCUT2D eigenvalue weighted by molar-refractivity contribution is 6.34. The van der Waals surface area contributed by atoms with E-state index in [1.165, 1.54) is 0 Å². The zero-order chi connectivity index (χ0) is 10.7. The standard InChI is InChI=1S/C12H7BN2O/c16-12-9-6-2-4-7-3-1-5-8(10(7)9)11-14-13-15(11)12/h1-6,13H. The molecular weight excluding hydrogens is 199 g/mol. The number of aromatic nitrogens is 1. The van der Waals surface area contributed by atoms with Crippen LogP contribution in [-0.4, -0.2) is 12.0 Å². The fourth-order valence-corrected chi connectivity index (χ4v) is 2.45. The highest BCUT2D eigenvalue weighted by Gasteiger charge is 2.16.